The number of hydrogen-bond acceptors (Lipinski definition) is 2. The second kappa shape index (κ2) is 4.85. The molecule has 2 aromatic carbocycles. The molecule has 3 N–H and O–H groups in total. The lowest BCUT2D eigenvalue weighted by Crippen LogP contribution is -1.86. The number of halogens is 3. The van der Waals surface area contributed by atoms with Crippen LogP contribution in [0.2, 0.25) is 10.0 Å². The molecule has 0 atom stereocenters. The summed E-state index contributed by atoms with van der Waals surface area (Å²) in [5.41, 5.74) is 8.91. The van der Waals surface area contributed by atoms with Gasteiger partial charge in [0.2, 0.25) is 0 Å². The van der Waals surface area contributed by atoms with Gasteiger partial charge in [-0.2, -0.15) is 0 Å². The summed E-state index contributed by atoms with van der Waals surface area (Å²) >= 11 is 14.3. The van der Waals surface area contributed by atoms with Crippen molar-refractivity contribution in [3.05, 3.63) is 43.9 Å². The number of hydrogen-bond donors (Lipinski definition) is 2. The number of H-pyrrole nitrogens is 1. The molecule has 1 aromatic heterocycles. The largest absolute Gasteiger partial charge is 0.397 e. The van der Waals surface area contributed by atoms with E-state index in [0.717, 1.165) is 20.5 Å². The Hall–Kier alpha value is -0.980. The number of nitrogens with one attached hydrogen (secondary N) is 1. The fourth-order valence-electron chi connectivity index (χ4n) is 1.89. The van der Waals surface area contributed by atoms with Gasteiger partial charge in [-0.3, -0.25) is 0 Å². The molecule has 0 aliphatic heterocycles. The summed E-state index contributed by atoms with van der Waals surface area (Å²) in [5, 5.41) is 1.28. The Morgan fingerprint density at radius 3 is 2.68 bits per heavy atom. The van der Waals surface area contributed by atoms with E-state index in [1.54, 1.807) is 12.1 Å². The maximum Gasteiger partial charge on any atom is 0.138 e. The highest BCUT2D eigenvalue weighted by molar-refractivity contribution is 14.1. The first kappa shape index (κ1) is 13.0. The molecule has 3 nitrogen and oxygen atoms in total. The first-order valence-electron chi connectivity index (χ1n) is 5.45. The molecule has 0 unspecified atom stereocenters. The zero-order valence-electron chi connectivity index (χ0n) is 9.55. The zero-order chi connectivity index (χ0) is 13.6. The predicted molar refractivity (Wildman–Crippen MR) is 88.7 cm³/mol. The van der Waals surface area contributed by atoms with E-state index in [1.165, 1.54) is 0 Å². The van der Waals surface area contributed by atoms with Crippen LogP contribution >= 0.6 is 45.8 Å². The van der Waals surface area contributed by atoms with Crippen molar-refractivity contribution in [2.75, 3.05) is 5.73 Å². The first-order valence-corrected chi connectivity index (χ1v) is 7.28. The van der Waals surface area contributed by atoms with Gasteiger partial charge in [-0.1, -0.05) is 29.3 Å². The van der Waals surface area contributed by atoms with Crippen LogP contribution in [0.5, 0.6) is 0 Å². The Morgan fingerprint density at radius 2 is 1.95 bits per heavy atom. The van der Waals surface area contributed by atoms with Crippen LogP contribution in [0, 0.1) is 3.57 Å². The number of nitrogen functional groups attached to an aromatic ring is 1. The first-order chi connectivity index (χ1) is 9.04. The van der Waals surface area contributed by atoms with Crippen molar-refractivity contribution in [2.45, 2.75) is 0 Å². The molecule has 96 valence electrons. The van der Waals surface area contributed by atoms with Gasteiger partial charge in [0.05, 0.1) is 16.2 Å². The Bertz CT molecular complexity index is 783. The summed E-state index contributed by atoms with van der Waals surface area (Å²) in [6.45, 7) is 0. The molecule has 19 heavy (non-hydrogen) atoms. The number of anilines is 1. The summed E-state index contributed by atoms with van der Waals surface area (Å²) in [6.07, 6.45) is 0. The highest BCUT2D eigenvalue weighted by Crippen LogP contribution is 2.29. The van der Waals surface area contributed by atoms with Crippen LogP contribution < -0.4 is 5.73 Å². The molecule has 0 bridgehead atoms. The van der Waals surface area contributed by atoms with Crippen LogP contribution in [0.15, 0.2) is 30.3 Å². The summed E-state index contributed by atoms with van der Waals surface area (Å²) in [4.78, 5) is 7.70. The van der Waals surface area contributed by atoms with Crippen molar-refractivity contribution in [3.63, 3.8) is 0 Å². The fraction of sp³-hybridized carbons (Fsp3) is 0. The number of fused-ring (bicyclic) bond motifs is 1. The zero-order valence-corrected chi connectivity index (χ0v) is 13.2. The molecular weight excluding hydrogens is 396 g/mol. The predicted octanol–water partition coefficient (Wildman–Crippen LogP) is 4.72. The number of nitrogens with two attached hydrogens (primary N) is 1. The topological polar surface area (TPSA) is 54.7 Å². The lowest BCUT2D eigenvalue weighted by molar-refractivity contribution is 1.33. The van der Waals surface area contributed by atoms with Crippen LogP contribution in [0.25, 0.3) is 22.4 Å². The van der Waals surface area contributed by atoms with Gasteiger partial charge in [-0.25, -0.2) is 4.98 Å². The van der Waals surface area contributed by atoms with Crippen molar-refractivity contribution < 1.29 is 0 Å². The highest BCUT2D eigenvalue weighted by Gasteiger charge is 2.10. The molecule has 1 heterocycles. The Balaban J connectivity index is 2.20. The van der Waals surface area contributed by atoms with Crippen LogP contribution in [0.1, 0.15) is 0 Å². The number of imidazole rings is 1. The molecule has 0 saturated carbocycles. The van der Waals surface area contributed by atoms with Gasteiger partial charge in [-0.05, 0) is 46.9 Å². The molecule has 0 aliphatic rings. The van der Waals surface area contributed by atoms with E-state index >= 15 is 0 Å². The van der Waals surface area contributed by atoms with E-state index in [-0.39, 0.29) is 0 Å². The Kier molecular flexibility index (Phi) is 3.32. The van der Waals surface area contributed by atoms with Crippen LogP contribution in [0.3, 0.4) is 0 Å². The van der Waals surface area contributed by atoms with Gasteiger partial charge in [0.1, 0.15) is 11.3 Å². The summed E-state index contributed by atoms with van der Waals surface area (Å²) in [7, 11) is 0. The maximum atomic E-state index is 6.12. The monoisotopic (exact) mass is 403 g/mol. The summed E-state index contributed by atoms with van der Waals surface area (Å²) in [5.74, 6) is 0.724. The van der Waals surface area contributed by atoms with Gasteiger partial charge < -0.3 is 10.7 Å². The Labute approximate surface area is 133 Å². The lowest BCUT2D eigenvalue weighted by Gasteiger charge is -1.99. The molecule has 0 saturated heterocycles. The quantitative estimate of drug-likeness (QED) is 0.456. The normalized spacial score (nSPS) is 11.1. The van der Waals surface area contributed by atoms with E-state index in [4.69, 9.17) is 28.9 Å². The maximum absolute atomic E-state index is 6.12. The number of nitrogens with zero attached hydrogens (tertiary/aromatic N) is 1. The molecule has 3 rings (SSSR count). The molecule has 0 radical (unpaired) electrons. The van der Waals surface area contributed by atoms with Crippen LogP contribution in [-0.2, 0) is 0 Å². The average Bonchev–Trinajstić information content (AvgIpc) is 2.76. The number of aromatic amines is 1. The summed E-state index contributed by atoms with van der Waals surface area (Å²) in [6, 6.07) is 9.28. The highest BCUT2D eigenvalue weighted by atomic mass is 127. The second-order valence-corrected chi connectivity index (χ2v) is 6.11. The van der Waals surface area contributed by atoms with Crippen molar-refractivity contribution in [1.29, 1.82) is 0 Å². The third kappa shape index (κ3) is 2.40. The third-order valence-corrected chi connectivity index (χ3v) is 4.56. The smallest absolute Gasteiger partial charge is 0.138 e. The Morgan fingerprint density at radius 1 is 1.16 bits per heavy atom. The van der Waals surface area contributed by atoms with E-state index in [9.17, 15) is 0 Å². The van der Waals surface area contributed by atoms with E-state index in [2.05, 4.69) is 32.6 Å². The number of rotatable bonds is 1. The molecular formula is C13H8Cl2IN3. The van der Waals surface area contributed by atoms with Gasteiger partial charge in [0.25, 0.3) is 0 Å². The van der Waals surface area contributed by atoms with Gasteiger partial charge in [-0.15, -0.1) is 0 Å². The molecule has 3 aromatic rings. The van der Waals surface area contributed by atoms with Gasteiger partial charge in [0, 0.05) is 14.2 Å². The number of aromatic nitrogens is 2. The second-order valence-electron chi connectivity index (χ2n) is 4.11. The molecule has 0 amide bonds. The van der Waals surface area contributed by atoms with Crippen molar-refractivity contribution in [1.82, 2.24) is 9.97 Å². The van der Waals surface area contributed by atoms with E-state index in [1.807, 2.05) is 18.2 Å². The fourth-order valence-corrected chi connectivity index (χ4v) is 2.63. The lowest BCUT2D eigenvalue weighted by atomic mass is 10.2. The van der Waals surface area contributed by atoms with Crippen LogP contribution in [-0.4, -0.2) is 9.97 Å². The average molecular weight is 404 g/mol. The molecule has 0 aliphatic carbocycles. The minimum atomic E-state index is 0.557. The van der Waals surface area contributed by atoms with E-state index in [0.29, 0.717) is 21.2 Å². The molecule has 0 spiro atoms. The van der Waals surface area contributed by atoms with Gasteiger partial charge >= 0.3 is 0 Å². The standard InChI is InChI=1S/C13H8Cl2IN3/c14-7-4-10(17)12-11(5-7)18-13(19-12)6-1-2-9(16)8(15)3-6/h1-5H,17H2,(H,18,19). The minimum Gasteiger partial charge on any atom is -0.397 e. The van der Waals surface area contributed by atoms with Crippen molar-refractivity contribution >= 4 is 62.5 Å². The minimum absolute atomic E-state index is 0.557. The molecule has 6 heteroatoms. The number of benzene rings is 2. The van der Waals surface area contributed by atoms with E-state index < -0.39 is 0 Å². The van der Waals surface area contributed by atoms with Crippen molar-refractivity contribution in [3.8, 4) is 11.4 Å². The van der Waals surface area contributed by atoms with Crippen molar-refractivity contribution in [2.24, 2.45) is 0 Å². The van der Waals surface area contributed by atoms with Crippen LogP contribution in [0.4, 0.5) is 5.69 Å². The van der Waals surface area contributed by atoms with Gasteiger partial charge in [0.15, 0.2) is 0 Å². The SMILES string of the molecule is Nc1cc(Cl)cc2[nH]c(-c3ccc(I)c(Cl)c3)nc12. The molecule has 0 fully saturated rings. The summed E-state index contributed by atoms with van der Waals surface area (Å²) < 4.78 is 1.00. The third-order valence-electron chi connectivity index (χ3n) is 2.77.